The van der Waals surface area contributed by atoms with Gasteiger partial charge in [-0.3, -0.25) is 0 Å². The van der Waals surface area contributed by atoms with Crippen molar-refractivity contribution in [2.75, 3.05) is 0 Å². The molecule has 0 spiro atoms. The fourth-order valence-corrected chi connectivity index (χ4v) is 2.98. The first kappa shape index (κ1) is 12.3. The van der Waals surface area contributed by atoms with Crippen LogP contribution in [-0.2, 0) is 6.42 Å². The second-order valence-corrected chi connectivity index (χ2v) is 5.59. The minimum absolute atomic E-state index is 0.645. The van der Waals surface area contributed by atoms with E-state index >= 15 is 0 Å². The van der Waals surface area contributed by atoms with E-state index in [4.69, 9.17) is 9.47 Å². The Morgan fingerprint density at radius 2 is 1.67 bits per heavy atom. The van der Waals surface area contributed by atoms with Crippen LogP contribution in [0.3, 0.4) is 0 Å². The maximum absolute atomic E-state index is 6.08. The van der Waals surface area contributed by atoms with Gasteiger partial charge in [-0.2, -0.15) is 0 Å². The topological polar surface area (TPSA) is 18.5 Å². The monoisotopic (exact) mass is 276 g/mol. The van der Waals surface area contributed by atoms with Crippen LogP contribution in [0.4, 0.5) is 0 Å². The van der Waals surface area contributed by atoms with Gasteiger partial charge in [0.05, 0.1) is 6.42 Å². The molecule has 21 heavy (non-hydrogen) atoms. The molecular formula is C19H16O2. The number of hydrogen-bond donors (Lipinski definition) is 0. The Balaban J connectivity index is 1.71. The minimum atomic E-state index is -0.645. The summed E-state index contributed by atoms with van der Waals surface area (Å²) in [7, 11) is 0. The highest BCUT2D eigenvalue weighted by Crippen LogP contribution is 2.40. The fourth-order valence-electron chi connectivity index (χ4n) is 2.98. The molecule has 4 rings (SSSR count). The molecule has 0 saturated carbocycles. The molecule has 2 nitrogen and oxygen atoms in total. The molecule has 0 fully saturated rings. The van der Waals surface area contributed by atoms with Crippen molar-refractivity contribution in [2.45, 2.75) is 19.1 Å². The van der Waals surface area contributed by atoms with E-state index in [1.807, 2.05) is 43.3 Å². The summed E-state index contributed by atoms with van der Waals surface area (Å²) in [6, 6.07) is 22.4. The van der Waals surface area contributed by atoms with E-state index in [0.29, 0.717) is 0 Å². The van der Waals surface area contributed by atoms with E-state index in [-0.39, 0.29) is 0 Å². The molecule has 0 amide bonds. The molecule has 1 heterocycles. The molecule has 1 atom stereocenters. The van der Waals surface area contributed by atoms with Gasteiger partial charge in [0.15, 0.2) is 0 Å². The zero-order chi connectivity index (χ0) is 14.3. The molecule has 0 radical (unpaired) electrons. The third-order valence-corrected chi connectivity index (χ3v) is 3.90. The highest BCUT2D eigenvalue weighted by atomic mass is 16.7. The van der Waals surface area contributed by atoms with Crippen LogP contribution in [0.15, 0.2) is 66.7 Å². The molecule has 0 bridgehead atoms. The number of benzene rings is 3. The number of fused-ring (bicyclic) bond motifs is 3. The molecule has 0 saturated heterocycles. The van der Waals surface area contributed by atoms with Crippen molar-refractivity contribution >= 4 is 10.8 Å². The standard InChI is InChI=1S/C19H16O2/c1-19(20-15-8-3-2-4-9-15)13-17-16-10-6-5-7-14(16)11-12-18(17)21-19/h2-12H,13H2,1H3. The van der Waals surface area contributed by atoms with Crippen LogP contribution in [0.25, 0.3) is 10.8 Å². The van der Waals surface area contributed by atoms with Crippen LogP contribution in [0.2, 0.25) is 0 Å². The van der Waals surface area contributed by atoms with Gasteiger partial charge in [0.1, 0.15) is 11.5 Å². The van der Waals surface area contributed by atoms with Crippen molar-refractivity contribution in [1.29, 1.82) is 0 Å². The Labute approximate surface area is 123 Å². The summed E-state index contributed by atoms with van der Waals surface area (Å²) in [5.74, 6) is 1.11. The Hall–Kier alpha value is -2.48. The first-order chi connectivity index (χ1) is 10.2. The van der Waals surface area contributed by atoms with Crippen LogP contribution >= 0.6 is 0 Å². The summed E-state index contributed by atoms with van der Waals surface area (Å²) in [6.07, 6.45) is 0.749. The zero-order valence-corrected chi connectivity index (χ0v) is 11.9. The van der Waals surface area contributed by atoms with Crippen molar-refractivity contribution in [3.8, 4) is 11.5 Å². The highest BCUT2D eigenvalue weighted by Gasteiger charge is 2.37. The normalized spacial score (nSPS) is 20.0. The number of para-hydroxylation sites is 1. The molecule has 2 heteroatoms. The Bertz CT molecular complexity index is 795. The second-order valence-electron chi connectivity index (χ2n) is 5.59. The molecule has 0 aromatic heterocycles. The molecule has 3 aromatic carbocycles. The molecule has 0 aliphatic carbocycles. The molecule has 1 aliphatic rings. The molecule has 1 unspecified atom stereocenters. The van der Waals surface area contributed by atoms with Crippen LogP contribution in [0.1, 0.15) is 12.5 Å². The van der Waals surface area contributed by atoms with E-state index in [2.05, 4.69) is 30.3 Å². The summed E-state index contributed by atoms with van der Waals surface area (Å²) >= 11 is 0. The van der Waals surface area contributed by atoms with Crippen molar-refractivity contribution in [3.05, 3.63) is 72.3 Å². The average Bonchev–Trinajstić information content (AvgIpc) is 2.85. The van der Waals surface area contributed by atoms with Gasteiger partial charge in [-0.1, -0.05) is 48.5 Å². The minimum Gasteiger partial charge on any atom is -0.452 e. The zero-order valence-electron chi connectivity index (χ0n) is 11.9. The molecule has 1 aliphatic heterocycles. The lowest BCUT2D eigenvalue weighted by molar-refractivity contribution is -0.0799. The summed E-state index contributed by atoms with van der Waals surface area (Å²) < 4.78 is 12.2. The smallest absolute Gasteiger partial charge is 0.252 e. The number of ether oxygens (including phenoxy) is 2. The van der Waals surface area contributed by atoms with Gasteiger partial charge in [-0.25, -0.2) is 0 Å². The largest absolute Gasteiger partial charge is 0.452 e. The quantitative estimate of drug-likeness (QED) is 0.682. The number of hydrogen-bond acceptors (Lipinski definition) is 2. The third kappa shape index (κ3) is 2.13. The number of rotatable bonds is 2. The molecule has 3 aromatic rings. The first-order valence-electron chi connectivity index (χ1n) is 7.17. The fraction of sp³-hybridized carbons (Fsp3) is 0.158. The van der Waals surface area contributed by atoms with Crippen molar-refractivity contribution < 1.29 is 9.47 Å². The van der Waals surface area contributed by atoms with Crippen LogP contribution in [0, 0.1) is 0 Å². The van der Waals surface area contributed by atoms with Crippen LogP contribution in [-0.4, -0.2) is 5.79 Å². The predicted octanol–water partition coefficient (Wildman–Crippen LogP) is 4.57. The van der Waals surface area contributed by atoms with Gasteiger partial charge < -0.3 is 9.47 Å². The highest BCUT2D eigenvalue weighted by molar-refractivity contribution is 5.88. The van der Waals surface area contributed by atoms with E-state index in [0.717, 1.165) is 17.9 Å². The predicted molar refractivity (Wildman–Crippen MR) is 83.8 cm³/mol. The Kier molecular flexibility index (Phi) is 2.64. The van der Waals surface area contributed by atoms with E-state index in [1.54, 1.807) is 0 Å². The SMILES string of the molecule is CC1(Oc2ccccc2)Cc2c(ccc3ccccc23)O1. The lowest BCUT2D eigenvalue weighted by Crippen LogP contribution is -2.37. The van der Waals surface area contributed by atoms with Gasteiger partial charge in [0, 0.05) is 12.5 Å². The van der Waals surface area contributed by atoms with Gasteiger partial charge in [0.2, 0.25) is 0 Å². The van der Waals surface area contributed by atoms with Crippen molar-refractivity contribution in [1.82, 2.24) is 0 Å². The van der Waals surface area contributed by atoms with Crippen molar-refractivity contribution in [3.63, 3.8) is 0 Å². The summed E-state index contributed by atoms with van der Waals surface area (Å²) in [4.78, 5) is 0. The van der Waals surface area contributed by atoms with Crippen LogP contribution in [0.5, 0.6) is 11.5 Å². The lowest BCUT2D eigenvalue weighted by Gasteiger charge is -2.25. The third-order valence-electron chi connectivity index (χ3n) is 3.90. The summed E-state index contributed by atoms with van der Waals surface area (Å²) in [5.41, 5.74) is 1.23. The van der Waals surface area contributed by atoms with Crippen LogP contribution < -0.4 is 9.47 Å². The van der Waals surface area contributed by atoms with Gasteiger partial charge in [-0.05, 0) is 29.0 Å². The Morgan fingerprint density at radius 1 is 0.905 bits per heavy atom. The second kappa shape index (κ2) is 4.52. The molecule has 0 N–H and O–H groups in total. The van der Waals surface area contributed by atoms with Crippen molar-refractivity contribution in [2.24, 2.45) is 0 Å². The lowest BCUT2D eigenvalue weighted by atomic mass is 10.0. The summed E-state index contributed by atoms with van der Waals surface area (Å²) in [6.45, 7) is 1.99. The average molecular weight is 276 g/mol. The maximum atomic E-state index is 6.08. The maximum Gasteiger partial charge on any atom is 0.252 e. The molecular weight excluding hydrogens is 260 g/mol. The summed E-state index contributed by atoms with van der Waals surface area (Å²) in [5, 5.41) is 2.49. The van der Waals surface area contributed by atoms with E-state index in [1.165, 1.54) is 16.3 Å². The molecule has 104 valence electrons. The first-order valence-corrected chi connectivity index (χ1v) is 7.17. The van der Waals surface area contributed by atoms with Gasteiger partial charge in [-0.15, -0.1) is 0 Å². The van der Waals surface area contributed by atoms with Gasteiger partial charge >= 0.3 is 0 Å². The van der Waals surface area contributed by atoms with E-state index in [9.17, 15) is 0 Å². The van der Waals surface area contributed by atoms with Gasteiger partial charge in [0.25, 0.3) is 5.79 Å². The Morgan fingerprint density at radius 3 is 2.52 bits per heavy atom. The van der Waals surface area contributed by atoms with E-state index < -0.39 is 5.79 Å².